The smallest absolute Gasteiger partial charge is 0.353 e. The van der Waals surface area contributed by atoms with Gasteiger partial charge in [-0.15, -0.1) is 0 Å². The van der Waals surface area contributed by atoms with Gasteiger partial charge in [-0.2, -0.15) is 17.5 Å². The second kappa shape index (κ2) is 12.3. The van der Waals surface area contributed by atoms with Gasteiger partial charge in [0.1, 0.15) is 5.82 Å². The van der Waals surface area contributed by atoms with E-state index in [1.807, 2.05) is 0 Å². The SMILES string of the molecule is O=C(Cc1ccc(C(F)(F)F)cc1)NC1CCC(CN(Cc2ccc(F)cc2)S(=O)(=O)c2ccccc2)CC1. The minimum atomic E-state index is -4.42. The van der Waals surface area contributed by atoms with Crippen molar-refractivity contribution in [2.24, 2.45) is 5.92 Å². The number of alkyl halides is 3. The lowest BCUT2D eigenvalue weighted by atomic mass is 9.86. The Morgan fingerprint density at radius 3 is 2.03 bits per heavy atom. The predicted octanol–water partition coefficient (Wildman–Crippen LogP) is 5.95. The minimum Gasteiger partial charge on any atom is -0.353 e. The van der Waals surface area contributed by atoms with Gasteiger partial charge in [-0.25, -0.2) is 12.8 Å². The quantitative estimate of drug-likeness (QED) is 0.328. The summed E-state index contributed by atoms with van der Waals surface area (Å²) in [5.41, 5.74) is 0.421. The summed E-state index contributed by atoms with van der Waals surface area (Å²) >= 11 is 0. The molecule has 4 rings (SSSR count). The van der Waals surface area contributed by atoms with E-state index in [-0.39, 0.29) is 35.7 Å². The largest absolute Gasteiger partial charge is 0.416 e. The Kier molecular flexibility index (Phi) is 9.07. The molecule has 1 N–H and O–H groups in total. The third-order valence-corrected chi connectivity index (χ3v) is 8.80. The molecule has 0 unspecified atom stereocenters. The minimum absolute atomic E-state index is 0.0150. The first-order chi connectivity index (χ1) is 18.5. The van der Waals surface area contributed by atoms with Gasteiger partial charge in [-0.3, -0.25) is 4.79 Å². The molecular weight excluding hydrogens is 532 g/mol. The van der Waals surface area contributed by atoms with E-state index in [0.29, 0.717) is 43.4 Å². The molecule has 0 radical (unpaired) electrons. The normalized spacial score (nSPS) is 18.2. The molecule has 39 heavy (non-hydrogen) atoms. The van der Waals surface area contributed by atoms with Crippen LogP contribution in [0, 0.1) is 11.7 Å². The van der Waals surface area contributed by atoms with E-state index < -0.39 is 27.6 Å². The maximum atomic E-state index is 13.5. The van der Waals surface area contributed by atoms with E-state index in [1.165, 1.54) is 28.6 Å². The van der Waals surface area contributed by atoms with E-state index in [2.05, 4.69) is 5.32 Å². The first-order valence-corrected chi connectivity index (χ1v) is 14.2. The van der Waals surface area contributed by atoms with Gasteiger partial charge < -0.3 is 5.32 Å². The van der Waals surface area contributed by atoms with Gasteiger partial charge in [0.2, 0.25) is 15.9 Å². The van der Waals surface area contributed by atoms with Crippen molar-refractivity contribution in [2.75, 3.05) is 6.54 Å². The van der Waals surface area contributed by atoms with E-state index in [1.54, 1.807) is 42.5 Å². The van der Waals surface area contributed by atoms with E-state index in [9.17, 15) is 30.8 Å². The van der Waals surface area contributed by atoms with Gasteiger partial charge in [0.05, 0.1) is 16.9 Å². The van der Waals surface area contributed by atoms with Crippen LogP contribution in [0.15, 0.2) is 83.8 Å². The molecule has 3 aromatic carbocycles. The standard InChI is InChI=1S/C29H30F4N2O3S/c30-25-14-8-22(9-15-25)19-35(39(37,38)27-4-2-1-3-5-27)20-23-10-16-26(17-11-23)34-28(36)18-21-6-12-24(13-7-21)29(31,32)33/h1-9,12-15,23,26H,10-11,16-20H2,(H,34,36). The monoisotopic (exact) mass is 562 g/mol. The van der Waals surface area contributed by atoms with Gasteiger partial charge in [-0.1, -0.05) is 42.5 Å². The molecule has 0 aliphatic heterocycles. The lowest BCUT2D eigenvalue weighted by molar-refractivity contribution is -0.137. The number of amides is 1. The lowest BCUT2D eigenvalue weighted by Crippen LogP contribution is -2.41. The highest BCUT2D eigenvalue weighted by atomic mass is 32.2. The van der Waals surface area contributed by atoms with Gasteiger partial charge in [-0.05, 0) is 79.1 Å². The number of hydrogen-bond donors (Lipinski definition) is 1. The average Bonchev–Trinajstić information content (AvgIpc) is 2.91. The molecule has 208 valence electrons. The zero-order chi connectivity index (χ0) is 28.0. The summed E-state index contributed by atoms with van der Waals surface area (Å²) in [7, 11) is -3.79. The van der Waals surface area contributed by atoms with Crippen LogP contribution in [0.3, 0.4) is 0 Å². The molecule has 1 fully saturated rings. The zero-order valence-corrected chi connectivity index (χ0v) is 22.0. The Morgan fingerprint density at radius 1 is 0.846 bits per heavy atom. The summed E-state index contributed by atoms with van der Waals surface area (Å²) in [6.07, 6.45) is -1.70. The van der Waals surface area contributed by atoms with E-state index in [0.717, 1.165) is 12.1 Å². The van der Waals surface area contributed by atoms with Crippen LogP contribution in [0.5, 0.6) is 0 Å². The van der Waals surface area contributed by atoms with Crippen molar-refractivity contribution in [3.05, 3.63) is 101 Å². The number of carbonyl (C=O) groups excluding carboxylic acids is 1. The molecule has 1 saturated carbocycles. The van der Waals surface area contributed by atoms with Crippen molar-refractivity contribution in [3.63, 3.8) is 0 Å². The van der Waals surface area contributed by atoms with Crippen LogP contribution in [0.2, 0.25) is 0 Å². The highest BCUT2D eigenvalue weighted by molar-refractivity contribution is 7.89. The van der Waals surface area contributed by atoms with Crippen LogP contribution in [-0.4, -0.2) is 31.2 Å². The molecule has 0 saturated heterocycles. The zero-order valence-electron chi connectivity index (χ0n) is 21.2. The fraction of sp³-hybridized carbons (Fsp3) is 0.345. The molecule has 0 bridgehead atoms. The molecule has 10 heteroatoms. The molecule has 1 aliphatic carbocycles. The number of nitrogens with one attached hydrogen (secondary N) is 1. The first kappa shape index (κ1) is 28.8. The molecule has 5 nitrogen and oxygen atoms in total. The summed E-state index contributed by atoms with van der Waals surface area (Å²) in [4.78, 5) is 12.7. The highest BCUT2D eigenvalue weighted by Crippen LogP contribution is 2.30. The number of rotatable bonds is 9. The Labute approximate surface area is 225 Å². The third kappa shape index (κ3) is 7.89. The number of halogens is 4. The summed E-state index contributed by atoms with van der Waals surface area (Å²) < 4.78 is 80.0. The van der Waals surface area contributed by atoms with Crippen LogP contribution in [-0.2, 0) is 34.0 Å². The summed E-state index contributed by atoms with van der Waals surface area (Å²) in [5, 5.41) is 2.96. The molecule has 3 aromatic rings. The number of sulfonamides is 1. The third-order valence-electron chi connectivity index (χ3n) is 6.97. The van der Waals surface area contributed by atoms with Crippen molar-refractivity contribution in [1.82, 2.24) is 9.62 Å². The number of benzene rings is 3. The van der Waals surface area contributed by atoms with Crippen LogP contribution in [0.25, 0.3) is 0 Å². The molecule has 0 atom stereocenters. The Bertz CT molecular complexity index is 1340. The molecule has 0 aromatic heterocycles. The van der Waals surface area contributed by atoms with Crippen molar-refractivity contribution in [2.45, 2.75) is 55.8 Å². The molecular formula is C29H30F4N2O3S. The molecule has 1 amide bonds. The molecule has 1 aliphatic rings. The highest BCUT2D eigenvalue weighted by Gasteiger charge is 2.31. The maximum absolute atomic E-state index is 13.5. The summed E-state index contributed by atoms with van der Waals surface area (Å²) in [6, 6.07) is 18.4. The number of carbonyl (C=O) groups is 1. The Morgan fingerprint density at radius 2 is 1.44 bits per heavy atom. The van der Waals surface area contributed by atoms with Crippen molar-refractivity contribution < 1.29 is 30.8 Å². The Balaban J connectivity index is 1.34. The second-order valence-electron chi connectivity index (χ2n) is 9.89. The van der Waals surface area contributed by atoms with Crippen LogP contribution >= 0.6 is 0 Å². The lowest BCUT2D eigenvalue weighted by Gasteiger charge is -2.33. The number of hydrogen-bond acceptors (Lipinski definition) is 3. The van der Waals surface area contributed by atoms with Gasteiger partial charge in [0, 0.05) is 19.1 Å². The van der Waals surface area contributed by atoms with Gasteiger partial charge in [0.25, 0.3) is 0 Å². The second-order valence-corrected chi connectivity index (χ2v) is 11.8. The predicted molar refractivity (Wildman–Crippen MR) is 139 cm³/mol. The van der Waals surface area contributed by atoms with Gasteiger partial charge >= 0.3 is 6.18 Å². The molecule has 0 spiro atoms. The van der Waals surface area contributed by atoms with E-state index >= 15 is 0 Å². The van der Waals surface area contributed by atoms with Crippen LogP contribution in [0.4, 0.5) is 17.6 Å². The molecule has 0 heterocycles. The summed E-state index contributed by atoms with van der Waals surface area (Å²) in [5.74, 6) is -0.579. The van der Waals surface area contributed by atoms with Crippen molar-refractivity contribution in [3.8, 4) is 0 Å². The Hall–Kier alpha value is -3.24. The van der Waals surface area contributed by atoms with E-state index in [4.69, 9.17) is 0 Å². The number of nitrogens with zero attached hydrogens (tertiary/aromatic N) is 1. The van der Waals surface area contributed by atoms with Crippen LogP contribution in [0.1, 0.15) is 42.4 Å². The van der Waals surface area contributed by atoms with Crippen molar-refractivity contribution >= 4 is 15.9 Å². The average molecular weight is 563 g/mol. The topological polar surface area (TPSA) is 66.5 Å². The first-order valence-electron chi connectivity index (χ1n) is 12.8. The fourth-order valence-electron chi connectivity index (χ4n) is 4.84. The van der Waals surface area contributed by atoms with Crippen LogP contribution < -0.4 is 5.32 Å². The van der Waals surface area contributed by atoms with Gasteiger partial charge in [0.15, 0.2) is 0 Å². The summed E-state index contributed by atoms with van der Waals surface area (Å²) in [6.45, 7) is 0.405. The van der Waals surface area contributed by atoms with Crippen molar-refractivity contribution in [1.29, 1.82) is 0 Å². The fourth-order valence-corrected chi connectivity index (χ4v) is 6.36. The maximum Gasteiger partial charge on any atom is 0.416 e.